The molecule has 21 heavy (non-hydrogen) atoms. The zero-order valence-corrected chi connectivity index (χ0v) is 11.6. The largest absolute Gasteiger partial charge is 0.586 e. The number of ether oxygens (including phenoxy) is 2. The van der Waals surface area contributed by atoms with Crippen LogP contribution in [0, 0.1) is 0 Å². The molecular formula is C14H15F2N3O2. The predicted molar refractivity (Wildman–Crippen MR) is 72.6 cm³/mol. The number of aryl methyl sites for hydroxylation is 1. The van der Waals surface area contributed by atoms with Crippen molar-refractivity contribution in [2.45, 2.75) is 32.7 Å². The average Bonchev–Trinajstić information content (AvgIpc) is 3.00. The number of halogens is 2. The second kappa shape index (κ2) is 4.91. The molecular weight excluding hydrogens is 280 g/mol. The van der Waals surface area contributed by atoms with Crippen molar-refractivity contribution >= 4 is 5.69 Å². The molecule has 0 amide bonds. The maximum Gasteiger partial charge on any atom is 0.586 e. The third-order valence-corrected chi connectivity index (χ3v) is 3.26. The van der Waals surface area contributed by atoms with Crippen LogP contribution in [0.25, 0.3) is 0 Å². The molecule has 0 radical (unpaired) electrons. The molecule has 1 atom stereocenters. The molecule has 1 aliphatic heterocycles. The van der Waals surface area contributed by atoms with Crippen LogP contribution in [0.5, 0.6) is 11.5 Å². The van der Waals surface area contributed by atoms with Gasteiger partial charge in [-0.25, -0.2) is 0 Å². The second-order valence-corrected chi connectivity index (χ2v) is 4.82. The lowest BCUT2D eigenvalue weighted by atomic mass is 10.1. The molecule has 0 fully saturated rings. The van der Waals surface area contributed by atoms with Gasteiger partial charge in [0.05, 0.1) is 12.2 Å². The molecule has 1 aromatic heterocycles. The summed E-state index contributed by atoms with van der Waals surface area (Å²) in [4.78, 5) is 0. The summed E-state index contributed by atoms with van der Waals surface area (Å²) in [7, 11) is 0. The van der Waals surface area contributed by atoms with E-state index in [0.717, 1.165) is 12.1 Å². The minimum Gasteiger partial charge on any atom is -0.395 e. The van der Waals surface area contributed by atoms with E-state index in [1.165, 1.54) is 12.1 Å². The highest BCUT2D eigenvalue weighted by atomic mass is 19.3. The molecule has 2 heterocycles. The van der Waals surface area contributed by atoms with Gasteiger partial charge in [-0.1, -0.05) is 0 Å². The van der Waals surface area contributed by atoms with Crippen molar-refractivity contribution in [1.82, 2.24) is 9.78 Å². The van der Waals surface area contributed by atoms with E-state index in [4.69, 9.17) is 0 Å². The van der Waals surface area contributed by atoms with Gasteiger partial charge in [0.25, 0.3) is 0 Å². The first-order chi connectivity index (χ1) is 9.97. The number of hydrogen-bond donors (Lipinski definition) is 1. The minimum atomic E-state index is -3.59. The Kier molecular flexibility index (Phi) is 3.19. The Balaban J connectivity index is 1.74. The van der Waals surface area contributed by atoms with E-state index in [9.17, 15) is 8.78 Å². The van der Waals surface area contributed by atoms with Gasteiger partial charge in [0.1, 0.15) is 0 Å². The van der Waals surface area contributed by atoms with Crippen LogP contribution >= 0.6 is 0 Å². The van der Waals surface area contributed by atoms with Crippen LogP contribution in [-0.4, -0.2) is 16.1 Å². The number of aromatic nitrogens is 2. The molecule has 1 aromatic carbocycles. The molecule has 0 aliphatic carbocycles. The summed E-state index contributed by atoms with van der Waals surface area (Å²) < 4.78 is 36.5. The zero-order valence-electron chi connectivity index (χ0n) is 11.6. The molecule has 3 rings (SSSR count). The summed E-state index contributed by atoms with van der Waals surface area (Å²) >= 11 is 0. The molecule has 0 bridgehead atoms. The number of fused-ring (bicyclic) bond motifs is 1. The van der Waals surface area contributed by atoms with Crippen LogP contribution in [0.15, 0.2) is 30.6 Å². The Hall–Kier alpha value is -2.31. The number of rotatable bonds is 4. The fourth-order valence-electron chi connectivity index (χ4n) is 2.15. The van der Waals surface area contributed by atoms with Crippen LogP contribution in [0.1, 0.15) is 25.5 Å². The van der Waals surface area contributed by atoms with Gasteiger partial charge < -0.3 is 14.8 Å². The van der Waals surface area contributed by atoms with Crippen molar-refractivity contribution in [3.05, 3.63) is 36.2 Å². The molecule has 1 unspecified atom stereocenters. The zero-order chi connectivity index (χ0) is 15.0. The fourth-order valence-corrected chi connectivity index (χ4v) is 2.15. The van der Waals surface area contributed by atoms with Gasteiger partial charge in [-0.15, -0.1) is 8.78 Å². The monoisotopic (exact) mass is 295 g/mol. The summed E-state index contributed by atoms with van der Waals surface area (Å²) in [6.07, 6.45) is 0.135. The highest BCUT2D eigenvalue weighted by molar-refractivity contribution is 5.56. The van der Waals surface area contributed by atoms with Gasteiger partial charge >= 0.3 is 6.29 Å². The third-order valence-electron chi connectivity index (χ3n) is 3.26. The average molecular weight is 295 g/mol. The standard InChI is InChI=1S/C14H15F2N3O2/c1-3-19-8-10(7-17-19)9(2)18-11-4-5-12-13(6-11)21-14(15,16)20-12/h4-9,18H,3H2,1-2H3. The first-order valence-corrected chi connectivity index (χ1v) is 6.65. The number of anilines is 1. The van der Waals surface area contributed by atoms with Gasteiger partial charge in [0.15, 0.2) is 11.5 Å². The molecule has 0 saturated heterocycles. The molecule has 1 N–H and O–H groups in total. The quantitative estimate of drug-likeness (QED) is 0.939. The Morgan fingerprint density at radius 3 is 2.81 bits per heavy atom. The molecule has 0 saturated carbocycles. The minimum absolute atomic E-state index is 0.00817. The molecule has 5 nitrogen and oxygen atoms in total. The van der Waals surface area contributed by atoms with Gasteiger partial charge in [0.2, 0.25) is 0 Å². The van der Waals surface area contributed by atoms with E-state index in [1.54, 1.807) is 12.3 Å². The fraction of sp³-hybridized carbons (Fsp3) is 0.357. The normalized spacial score (nSPS) is 16.8. The van der Waals surface area contributed by atoms with Crippen molar-refractivity contribution in [2.24, 2.45) is 0 Å². The van der Waals surface area contributed by atoms with E-state index in [2.05, 4.69) is 19.9 Å². The maximum atomic E-state index is 13.0. The van der Waals surface area contributed by atoms with Crippen LogP contribution in [0.4, 0.5) is 14.5 Å². The Bertz CT molecular complexity index is 657. The third kappa shape index (κ3) is 2.76. The summed E-state index contributed by atoms with van der Waals surface area (Å²) in [5.74, 6) is 0.0680. The van der Waals surface area contributed by atoms with Gasteiger partial charge in [-0.3, -0.25) is 4.68 Å². The Morgan fingerprint density at radius 2 is 2.10 bits per heavy atom. The summed E-state index contributed by atoms with van der Waals surface area (Å²) in [6.45, 7) is 4.77. The predicted octanol–water partition coefficient (Wildman–Crippen LogP) is 3.40. The van der Waals surface area contributed by atoms with Crippen LogP contribution in [0.3, 0.4) is 0 Å². The highest BCUT2D eigenvalue weighted by Crippen LogP contribution is 2.42. The first-order valence-electron chi connectivity index (χ1n) is 6.65. The van der Waals surface area contributed by atoms with E-state index in [0.29, 0.717) is 5.69 Å². The van der Waals surface area contributed by atoms with Crippen LogP contribution in [0.2, 0.25) is 0 Å². The van der Waals surface area contributed by atoms with E-state index < -0.39 is 6.29 Å². The van der Waals surface area contributed by atoms with Gasteiger partial charge in [-0.2, -0.15) is 5.10 Å². The number of alkyl halides is 2. The van der Waals surface area contributed by atoms with E-state index in [-0.39, 0.29) is 17.5 Å². The number of benzene rings is 1. The van der Waals surface area contributed by atoms with E-state index in [1.807, 2.05) is 24.7 Å². The Labute approximate surface area is 120 Å². The van der Waals surface area contributed by atoms with Crippen molar-refractivity contribution in [1.29, 1.82) is 0 Å². The lowest BCUT2D eigenvalue weighted by Crippen LogP contribution is -2.25. The molecule has 112 valence electrons. The number of nitrogens with one attached hydrogen (secondary N) is 1. The summed E-state index contributed by atoms with van der Waals surface area (Å²) in [5, 5.41) is 7.43. The van der Waals surface area contributed by atoms with Gasteiger partial charge in [0, 0.05) is 30.1 Å². The Morgan fingerprint density at radius 1 is 1.33 bits per heavy atom. The summed E-state index contributed by atoms with van der Waals surface area (Å²) in [6, 6.07) is 4.62. The van der Waals surface area contributed by atoms with Crippen molar-refractivity contribution in [2.75, 3.05) is 5.32 Å². The topological polar surface area (TPSA) is 48.3 Å². The van der Waals surface area contributed by atoms with Crippen molar-refractivity contribution in [3.63, 3.8) is 0 Å². The van der Waals surface area contributed by atoms with Crippen LogP contribution < -0.4 is 14.8 Å². The van der Waals surface area contributed by atoms with Crippen molar-refractivity contribution < 1.29 is 18.3 Å². The molecule has 1 aliphatic rings. The second-order valence-electron chi connectivity index (χ2n) is 4.82. The smallest absolute Gasteiger partial charge is 0.395 e. The summed E-state index contributed by atoms with van der Waals surface area (Å²) in [5.41, 5.74) is 1.69. The number of nitrogens with zero attached hydrogens (tertiary/aromatic N) is 2. The SMILES string of the molecule is CCn1cc(C(C)Nc2ccc3c(c2)OC(F)(F)O3)cn1. The van der Waals surface area contributed by atoms with Gasteiger partial charge in [-0.05, 0) is 26.0 Å². The van der Waals surface area contributed by atoms with Crippen molar-refractivity contribution in [3.8, 4) is 11.5 Å². The lowest BCUT2D eigenvalue weighted by molar-refractivity contribution is -0.286. The maximum absolute atomic E-state index is 13.0. The molecule has 0 spiro atoms. The lowest BCUT2D eigenvalue weighted by Gasteiger charge is -2.13. The highest BCUT2D eigenvalue weighted by Gasteiger charge is 2.43. The molecule has 7 heteroatoms. The first kappa shape index (κ1) is 13.7. The number of hydrogen-bond acceptors (Lipinski definition) is 4. The van der Waals surface area contributed by atoms with Crippen LogP contribution in [-0.2, 0) is 6.54 Å². The molecule has 2 aromatic rings. The van der Waals surface area contributed by atoms with E-state index >= 15 is 0 Å².